The number of pyridine rings is 2. The van der Waals surface area contributed by atoms with Gasteiger partial charge in [0.05, 0.1) is 6.20 Å². The van der Waals surface area contributed by atoms with Gasteiger partial charge in [-0.05, 0) is 35.9 Å². The van der Waals surface area contributed by atoms with Crippen LogP contribution in [0.2, 0.25) is 0 Å². The van der Waals surface area contributed by atoms with Crippen molar-refractivity contribution in [1.82, 2.24) is 30.0 Å². The van der Waals surface area contributed by atoms with Gasteiger partial charge in [-0.1, -0.05) is 12.1 Å². The standard InChI is InChI=1S/C22H17F4N7O/c1-33-21(30-15-5-2-13(3-6-15)16-8-9-27-11-17(16)23)31-19(32-33)14-4-7-18(28-10-14)20(34)29-12-22(24,25)26/h2-11H,12H2,1H3,(H,29,34)(H,30,31,32). The lowest BCUT2D eigenvalue weighted by Crippen LogP contribution is -2.34. The van der Waals surface area contributed by atoms with Gasteiger partial charge in [0, 0.05) is 36.3 Å². The predicted molar refractivity (Wildman–Crippen MR) is 116 cm³/mol. The van der Waals surface area contributed by atoms with Crippen molar-refractivity contribution >= 4 is 17.5 Å². The zero-order chi connectivity index (χ0) is 24.3. The van der Waals surface area contributed by atoms with Crippen LogP contribution in [0.1, 0.15) is 10.5 Å². The highest BCUT2D eigenvalue weighted by Gasteiger charge is 2.28. The third-order valence-corrected chi connectivity index (χ3v) is 4.69. The van der Waals surface area contributed by atoms with Crippen LogP contribution in [0.25, 0.3) is 22.5 Å². The minimum atomic E-state index is -4.51. The second-order valence-electron chi connectivity index (χ2n) is 7.17. The number of nitrogens with zero attached hydrogens (tertiary/aromatic N) is 5. The van der Waals surface area contributed by atoms with Crippen LogP contribution in [-0.2, 0) is 7.05 Å². The van der Waals surface area contributed by atoms with Crippen molar-refractivity contribution in [2.24, 2.45) is 7.05 Å². The minimum absolute atomic E-state index is 0.159. The SMILES string of the molecule is Cn1nc(-c2ccc(C(=O)NCC(F)(F)F)nc2)nc1Nc1ccc(-c2ccncc2F)cc1. The fourth-order valence-corrected chi connectivity index (χ4v) is 3.02. The van der Waals surface area contributed by atoms with E-state index >= 15 is 0 Å². The highest BCUT2D eigenvalue weighted by molar-refractivity contribution is 5.92. The van der Waals surface area contributed by atoms with E-state index in [9.17, 15) is 22.4 Å². The molecular weight excluding hydrogens is 454 g/mol. The van der Waals surface area contributed by atoms with E-state index in [1.807, 2.05) is 0 Å². The number of aromatic nitrogens is 5. The predicted octanol–water partition coefficient (Wildman–Crippen LogP) is 4.11. The Hall–Kier alpha value is -4.35. The number of anilines is 2. The molecule has 0 unspecified atom stereocenters. The average Bonchev–Trinajstić information content (AvgIpc) is 3.18. The van der Waals surface area contributed by atoms with Gasteiger partial charge >= 0.3 is 6.18 Å². The molecule has 0 saturated heterocycles. The van der Waals surface area contributed by atoms with Gasteiger partial charge in [0.25, 0.3) is 5.91 Å². The number of hydrogen-bond donors (Lipinski definition) is 2. The number of hydrogen-bond acceptors (Lipinski definition) is 6. The number of benzene rings is 1. The van der Waals surface area contributed by atoms with Crippen LogP contribution >= 0.6 is 0 Å². The maximum Gasteiger partial charge on any atom is 0.405 e. The number of nitrogens with one attached hydrogen (secondary N) is 2. The summed E-state index contributed by atoms with van der Waals surface area (Å²) in [6.45, 7) is -1.44. The fraction of sp³-hybridized carbons (Fsp3) is 0.136. The summed E-state index contributed by atoms with van der Waals surface area (Å²) in [6.07, 6.45) is -0.535. The first-order valence-corrected chi connectivity index (χ1v) is 9.89. The molecule has 0 saturated carbocycles. The van der Waals surface area contributed by atoms with Crippen molar-refractivity contribution in [3.05, 3.63) is 72.6 Å². The number of carbonyl (C=O) groups excluding carboxylic acids is 1. The first kappa shape index (κ1) is 22.8. The van der Waals surface area contributed by atoms with Gasteiger partial charge in [0.1, 0.15) is 18.1 Å². The molecule has 0 aliphatic carbocycles. The molecule has 8 nitrogen and oxygen atoms in total. The first-order chi connectivity index (χ1) is 16.2. The highest BCUT2D eigenvalue weighted by Crippen LogP contribution is 2.25. The number of carbonyl (C=O) groups is 1. The zero-order valence-electron chi connectivity index (χ0n) is 17.6. The third-order valence-electron chi connectivity index (χ3n) is 4.69. The van der Waals surface area contributed by atoms with Gasteiger partial charge in [0.2, 0.25) is 5.95 Å². The van der Waals surface area contributed by atoms with Crippen molar-refractivity contribution in [2.75, 3.05) is 11.9 Å². The lowest BCUT2D eigenvalue weighted by Gasteiger charge is -2.07. The lowest BCUT2D eigenvalue weighted by atomic mass is 10.1. The lowest BCUT2D eigenvalue weighted by molar-refractivity contribution is -0.123. The Morgan fingerprint density at radius 2 is 1.76 bits per heavy atom. The molecule has 0 fully saturated rings. The van der Waals surface area contributed by atoms with Crippen LogP contribution in [-0.4, -0.2) is 43.4 Å². The zero-order valence-corrected chi connectivity index (χ0v) is 17.6. The summed E-state index contributed by atoms with van der Waals surface area (Å²) in [7, 11) is 1.67. The molecule has 0 atom stereocenters. The molecule has 0 spiro atoms. The molecule has 174 valence electrons. The summed E-state index contributed by atoms with van der Waals surface area (Å²) in [5.41, 5.74) is 2.13. The molecule has 1 aromatic carbocycles. The molecule has 0 aliphatic heterocycles. The van der Waals surface area contributed by atoms with Crippen molar-refractivity contribution in [2.45, 2.75) is 6.18 Å². The van der Waals surface area contributed by atoms with E-state index in [4.69, 9.17) is 0 Å². The summed E-state index contributed by atoms with van der Waals surface area (Å²) in [6, 6.07) is 11.4. The summed E-state index contributed by atoms with van der Waals surface area (Å²) >= 11 is 0. The number of halogens is 4. The highest BCUT2D eigenvalue weighted by atomic mass is 19.4. The van der Waals surface area contributed by atoms with E-state index in [1.165, 1.54) is 29.2 Å². The van der Waals surface area contributed by atoms with Crippen LogP contribution in [0.4, 0.5) is 29.2 Å². The van der Waals surface area contributed by atoms with Crippen LogP contribution in [0, 0.1) is 5.82 Å². The monoisotopic (exact) mass is 471 g/mol. The normalized spacial score (nSPS) is 11.3. The summed E-state index contributed by atoms with van der Waals surface area (Å²) < 4.78 is 52.2. The van der Waals surface area contributed by atoms with Crippen molar-refractivity contribution < 1.29 is 22.4 Å². The topological polar surface area (TPSA) is 97.6 Å². The van der Waals surface area contributed by atoms with Gasteiger partial charge < -0.3 is 10.6 Å². The minimum Gasteiger partial charge on any atom is -0.342 e. The summed E-state index contributed by atoms with van der Waals surface area (Å²) in [5.74, 6) is -0.644. The molecule has 0 radical (unpaired) electrons. The second kappa shape index (κ2) is 9.25. The molecule has 4 rings (SSSR count). The summed E-state index contributed by atoms with van der Waals surface area (Å²) in [5, 5.41) is 9.16. The molecule has 12 heteroatoms. The van der Waals surface area contributed by atoms with E-state index in [0.29, 0.717) is 34.2 Å². The quantitative estimate of drug-likeness (QED) is 0.411. The number of amides is 1. The van der Waals surface area contributed by atoms with Crippen LogP contribution in [0.5, 0.6) is 0 Å². The van der Waals surface area contributed by atoms with Gasteiger partial charge in [-0.25, -0.2) is 9.07 Å². The number of alkyl halides is 3. The molecule has 2 N–H and O–H groups in total. The van der Waals surface area contributed by atoms with Gasteiger partial charge in [0.15, 0.2) is 5.82 Å². The van der Waals surface area contributed by atoms with Crippen molar-refractivity contribution in [1.29, 1.82) is 0 Å². The van der Waals surface area contributed by atoms with E-state index < -0.39 is 24.4 Å². The van der Waals surface area contributed by atoms with Gasteiger partial charge in [-0.2, -0.15) is 18.2 Å². The number of aryl methyl sites for hydroxylation is 1. The number of rotatable bonds is 6. The Kier molecular flexibility index (Phi) is 6.21. The first-order valence-electron chi connectivity index (χ1n) is 9.89. The Labute approximate surface area is 190 Å². The largest absolute Gasteiger partial charge is 0.405 e. The summed E-state index contributed by atoms with van der Waals surface area (Å²) in [4.78, 5) is 23.8. The Balaban J connectivity index is 1.45. The molecule has 0 bridgehead atoms. The van der Waals surface area contributed by atoms with E-state index in [2.05, 4.69) is 25.4 Å². The van der Waals surface area contributed by atoms with E-state index in [-0.39, 0.29) is 5.69 Å². The van der Waals surface area contributed by atoms with Crippen LogP contribution in [0.3, 0.4) is 0 Å². The van der Waals surface area contributed by atoms with Crippen LogP contribution < -0.4 is 10.6 Å². The average molecular weight is 471 g/mol. The van der Waals surface area contributed by atoms with E-state index in [1.54, 1.807) is 42.7 Å². The van der Waals surface area contributed by atoms with Gasteiger partial charge in [-0.15, -0.1) is 5.10 Å². The maximum atomic E-state index is 13.9. The van der Waals surface area contributed by atoms with E-state index in [0.717, 1.165) is 6.20 Å². The smallest absolute Gasteiger partial charge is 0.342 e. The molecule has 0 aliphatic rings. The fourth-order valence-electron chi connectivity index (χ4n) is 3.02. The van der Waals surface area contributed by atoms with Crippen LogP contribution in [0.15, 0.2) is 61.1 Å². The molecule has 4 aromatic rings. The Bertz CT molecular complexity index is 1300. The maximum absolute atomic E-state index is 13.9. The molecule has 3 heterocycles. The molecule has 34 heavy (non-hydrogen) atoms. The van der Waals surface area contributed by atoms with Gasteiger partial charge in [-0.3, -0.25) is 14.8 Å². The third kappa shape index (κ3) is 5.34. The Morgan fingerprint density at radius 1 is 1.03 bits per heavy atom. The molecule has 3 aromatic heterocycles. The van der Waals surface area contributed by atoms with Crippen molar-refractivity contribution in [3.8, 4) is 22.5 Å². The molecular formula is C22H17F4N7O. The second-order valence-corrected chi connectivity index (χ2v) is 7.17. The van der Waals surface area contributed by atoms with Crippen molar-refractivity contribution in [3.63, 3.8) is 0 Å². The Morgan fingerprint density at radius 3 is 2.41 bits per heavy atom. The molecule has 1 amide bonds.